The molecule has 0 unspecified atom stereocenters. The Hall–Kier alpha value is -3.59. The zero-order valence-electron chi connectivity index (χ0n) is 15.4. The van der Waals surface area contributed by atoms with Crippen LogP contribution in [-0.4, -0.2) is 22.5 Å². The van der Waals surface area contributed by atoms with Gasteiger partial charge >= 0.3 is 5.97 Å². The van der Waals surface area contributed by atoms with Gasteiger partial charge in [0.15, 0.2) is 0 Å². The lowest BCUT2D eigenvalue weighted by atomic mass is 10.2. The van der Waals surface area contributed by atoms with Gasteiger partial charge in [-0.25, -0.2) is 4.79 Å². The van der Waals surface area contributed by atoms with Crippen LogP contribution in [0, 0.1) is 25.2 Å². The first-order valence-corrected chi connectivity index (χ1v) is 8.40. The van der Waals surface area contributed by atoms with Gasteiger partial charge in [0, 0.05) is 5.69 Å². The molecule has 136 valence electrons. The largest absolute Gasteiger partial charge is 0.479 e. The molecule has 0 amide bonds. The molecular formula is C21H19N3O3. The van der Waals surface area contributed by atoms with Gasteiger partial charge in [-0.3, -0.25) is 4.40 Å². The van der Waals surface area contributed by atoms with Crippen molar-refractivity contribution in [3.05, 3.63) is 70.6 Å². The zero-order valence-corrected chi connectivity index (χ0v) is 15.4. The van der Waals surface area contributed by atoms with Crippen LogP contribution in [0.5, 0.6) is 5.88 Å². The lowest BCUT2D eigenvalue weighted by Crippen LogP contribution is -2.07. The number of fused-ring (bicyclic) bond motifs is 1. The molecule has 0 atom stereocenters. The molecule has 0 aliphatic heterocycles. The van der Waals surface area contributed by atoms with Crippen molar-refractivity contribution in [1.29, 1.82) is 5.26 Å². The highest BCUT2D eigenvalue weighted by atomic mass is 16.5. The quantitative estimate of drug-likeness (QED) is 0.394. The summed E-state index contributed by atoms with van der Waals surface area (Å²) in [6.07, 6.45) is 1.45. The summed E-state index contributed by atoms with van der Waals surface area (Å²) in [5.74, 6) is -0.351. The van der Waals surface area contributed by atoms with Crippen LogP contribution in [0.1, 0.15) is 22.5 Å². The molecule has 3 rings (SSSR count). The number of carbonyl (C=O) groups excluding carboxylic acids is 1. The maximum Gasteiger partial charge on any atom is 0.349 e. The highest BCUT2D eigenvalue weighted by Gasteiger charge is 2.18. The summed E-state index contributed by atoms with van der Waals surface area (Å²) in [7, 11) is 1.50. The molecule has 2 heterocycles. The normalized spacial score (nSPS) is 11.3. The first kappa shape index (κ1) is 18.2. The maximum atomic E-state index is 12.4. The number of benzene rings is 1. The van der Waals surface area contributed by atoms with Gasteiger partial charge in [-0.2, -0.15) is 10.2 Å². The Morgan fingerprint density at radius 1 is 1.26 bits per heavy atom. The van der Waals surface area contributed by atoms with Gasteiger partial charge in [-0.1, -0.05) is 30.3 Å². The first-order valence-electron chi connectivity index (χ1n) is 8.40. The number of hydrogen-bond acceptors (Lipinski definition) is 5. The van der Waals surface area contributed by atoms with Crippen molar-refractivity contribution in [3.8, 4) is 11.9 Å². The minimum Gasteiger partial charge on any atom is -0.479 e. The summed E-state index contributed by atoms with van der Waals surface area (Å²) < 4.78 is 12.4. The van der Waals surface area contributed by atoms with Crippen molar-refractivity contribution < 1.29 is 14.3 Å². The van der Waals surface area contributed by atoms with Crippen LogP contribution in [0.4, 0.5) is 0 Å². The van der Waals surface area contributed by atoms with Gasteiger partial charge in [0.05, 0.1) is 7.11 Å². The second kappa shape index (κ2) is 7.75. The van der Waals surface area contributed by atoms with Gasteiger partial charge in [0.2, 0.25) is 5.88 Å². The molecule has 0 spiro atoms. The van der Waals surface area contributed by atoms with Gasteiger partial charge < -0.3 is 9.47 Å². The molecule has 27 heavy (non-hydrogen) atoms. The summed E-state index contributed by atoms with van der Waals surface area (Å²) in [5, 5.41) is 9.45. The molecule has 1 aromatic carbocycles. The average Bonchev–Trinajstić information content (AvgIpc) is 3.02. The number of pyridine rings is 1. The molecule has 0 bridgehead atoms. The summed E-state index contributed by atoms with van der Waals surface area (Å²) >= 11 is 0. The monoisotopic (exact) mass is 361 g/mol. The van der Waals surface area contributed by atoms with E-state index in [1.165, 1.54) is 13.2 Å². The third-order valence-corrected chi connectivity index (χ3v) is 4.08. The number of rotatable bonds is 5. The van der Waals surface area contributed by atoms with Crippen molar-refractivity contribution in [2.45, 2.75) is 20.5 Å². The Bertz CT molecular complexity index is 1060. The minimum atomic E-state index is -0.692. The van der Waals surface area contributed by atoms with Crippen molar-refractivity contribution in [3.63, 3.8) is 0 Å². The second-order valence-corrected chi connectivity index (χ2v) is 6.11. The second-order valence-electron chi connectivity index (χ2n) is 6.11. The number of methoxy groups -OCH3 is 1. The van der Waals surface area contributed by atoms with Crippen LogP contribution in [0.2, 0.25) is 0 Å². The van der Waals surface area contributed by atoms with E-state index in [9.17, 15) is 10.1 Å². The number of esters is 1. The molecule has 3 aromatic rings. The molecule has 0 saturated carbocycles. The van der Waals surface area contributed by atoms with E-state index in [0.717, 1.165) is 16.8 Å². The van der Waals surface area contributed by atoms with E-state index in [-0.39, 0.29) is 12.2 Å². The van der Waals surface area contributed by atoms with E-state index in [2.05, 4.69) is 4.98 Å². The predicted molar refractivity (Wildman–Crippen MR) is 101 cm³/mol. The molecule has 0 aliphatic rings. The van der Waals surface area contributed by atoms with Crippen LogP contribution in [0.15, 0.2) is 48.0 Å². The number of nitriles is 1. The molecular weight excluding hydrogens is 342 g/mol. The van der Waals surface area contributed by atoms with Gasteiger partial charge in [-0.15, -0.1) is 0 Å². The van der Waals surface area contributed by atoms with Crippen molar-refractivity contribution in [2.24, 2.45) is 0 Å². The highest BCUT2D eigenvalue weighted by molar-refractivity contribution is 5.98. The first-order chi connectivity index (χ1) is 13.0. The maximum absolute atomic E-state index is 12.4. The topological polar surface area (TPSA) is 76.6 Å². The Balaban J connectivity index is 1.95. The summed E-state index contributed by atoms with van der Waals surface area (Å²) in [4.78, 5) is 16.8. The SMILES string of the molecule is COc1nc2cc(C)cc(C)n2c1C=C(C#N)C(=O)OCc1ccccc1. The third kappa shape index (κ3) is 3.82. The number of aromatic nitrogens is 2. The van der Waals surface area contributed by atoms with E-state index in [0.29, 0.717) is 17.2 Å². The molecule has 0 fully saturated rings. The molecule has 2 aromatic heterocycles. The zero-order chi connectivity index (χ0) is 19.4. The Labute approximate surface area is 157 Å². The lowest BCUT2D eigenvalue weighted by Gasteiger charge is -2.06. The molecule has 0 saturated heterocycles. The van der Waals surface area contributed by atoms with Crippen LogP contribution in [0.25, 0.3) is 11.7 Å². The number of ether oxygens (including phenoxy) is 2. The fraction of sp³-hybridized carbons (Fsp3) is 0.190. The Morgan fingerprint density at radius 2 is 2.00 bits per heavy atom. The van der Waals surface area contributed by atoms with Gasteiger partial charge in [0.25, 0.3) is 0 Å². The Morgan fingerprint density at radius 3 is 2.67 bits per heavy atom. The van der Waals surface area contributed by atoms with Crippen molar-refractivity contribution in [1.82, 2.24) is 9.38 Å². The third-order valence-electron chi connectivity index (χ3n) is 4.08. The smallest absolute Gasteiger partial charge is 0.349 e. The van der Waals surface area contributed by atoms with Gasteiger partial charge in [-0.05, 0) is 43.2 Å². The summed E-state index contributed by atoms with van der Waals surface area (Å²) in [6.45, 7) is 4.00. The molecule has 6 heteroatoms. The van der Waals surface area contributed by atoms with E-state index in [4.69, 9.17) is 9.47 Å². The summed E-state index contributed by atoms with van der Waals surface area (Å²) in [5.41, 5.74) is 3.92. The van der Waals surface area contributed by atoms with Crippen LogP contribution in [0.3, 0.4) is 0 Å². The molecule has 0 radical (unpaired) electrons. The highest BCUT2D eigenvalue weighted by Crippen LogP contribution is 2.25. The van der Waals surface area contributed by atoms with E-state index in [1.54, 1.807) is 0 Å². The van der Waals surface area contributed by atoms with E-state index in [1.807, 2.05) is 66.8 Å². The van der Waals surface area contributed by atoms with Crippen molar-refractivity contribution in [2.75, 3.05) is 7.11 Å². The number of carbonyl (C=O) groups is 1. The molecule has 0 aliphatic carbocycles. The lowest BCUT2D eigenvalue weighted by molar-refractivity contribution is -0.139. The van der Waals surface area contributed by atoms with Crippen LogP contribution >= 0.6 is 0 Å². The van der Waals surface area contributed by atoms with Crippen molar-refractivity contribution >= 4 is 17.7 Å². The minimum absolute atomic E-state index is 0.0984. The Kier molecular flexibility index (Phi) is 5.23. The summed E-state index contributed by atoms with van der Waals surface area (Å²) in [6, 6.07) is 15.1. The van der Waals surface area contributed by atoms with Crippen LogP contribution < -0.4 is 4.74 Å². The van der Waals surface area contributed by atoms with E-state index < -0.39 is 5.97 Å². The fourth-order valence-electron chi connectivity index (χ4n) is 2.89. The standard InChI is InChI=1S/C21H19N3O3/c1-14-9-15(2)24-18(20(26-3)23-19(24)10-14)11-17(12-22)21(25)27-13-16-7-5-4-6-8-16/h4-11H,13H2,1-3H3. The average molecular weight is 361 g/mol. The van der Waals surface area contributed by atoms with Crippen LogP contribution in [-0.2, 0) is 16.1 Å². The number of imidazole rings is 1. The number of hydrogen-bond donors (Lipinski definition) is 0. The number of aryl methyl sites for hydroxylation is 2. The molecule has 0 N–H and O–H groups in total. The van der Waals surface area contributed by atoms with E-state index >= 15 is 0 Å². The fourth-order valence-corrected chi connectivity index (χ4v) is 2.89. The number of nitrogens with zero attached hydrogens (tertiary/aromatic N) is 3. The predicted octanol–water partition coefficient (Wildman–Crippen LogP) is 3.61. The molecule has 6 nitrogen and oxygen atoms in total. The van der Waals surface area contributed by atoms with Gasteiger partial charge in [0.1, 0.15) is 29.6 Å².